The van der Waals surface area contributed by atoms with Gasteiger partial charge in [-0.05, 0) is 63.4 Å². The van der Waals surface area contributed by atoms with Gasteiger partial charge >= 0.3 is 5.97 Å². The molecule has 2 aromatic rings. The zero-order valence-corrected chi connectivity index (χ0v) is 15.1. The van der Waals surface area contributed by atoms with Crippen LogP contribution in [0.1, 0.15) is 42.0 Å². The molecule has 0 aliphatic rings. The molecule has 2 rings (SSSR count). The fourth-order valence-corrected chi connectivity index (χ4v) is 3.29. The zero-order chi connectivity index (χ0) is 17.7. The number of carboxylic acids is 1. The van der Waals surface area contributed by atoms with Gasteiger partial charge in [-0.3, -0.25) is 9.59 Å². The standard InChI is InChI=1S/C19H23NO3S/c1-13-7-12-16(24-13)5-4-6-17(21)20-15-10-8-14(9-11-15)19(2,3)18(22)23/h7-12H,4-6H2,1-3H3,(H,20,21)(H,22,23). The summed E-state index contributed by atoms with van der Waals surface area (Å²) in [5.41, 5.74) is 0.458. The minimum absolute atomic E-state index is 0.0199. The number of benzene rings is 1. The van der Waals surface area contributed by atoms with Crippen molar-refractivity contribution in [1.82, 2.24) is 0 Å². The quantitative estimate of drug-likeness (QED) is 0.782. The van der Waals surface area contributed by atoms with E-state index in [0.29, 0.717) is 17.7 Å². The highest BCUT2D eigenvalue weighted by Crippen LogP contribution is 2.25. The molecule has 1 heterocycles. The number of aliphatic carboxylic acids is 1. The minimum atomic E-state index is -0.943. The summed E-state index contributed by atoms with van der Waals surface area (Å²) in [5.74, 6) is -0.892. The second kappa shape index (κ2) is 7.62. The number of amides is 1. The first-order valence-corrected chi connectivity index (χ1v) is 8.80. The summed E-state index contributed by atoms with van der Waals surface area (Å²) >= 11 is 1.77. The van der Waals surface area contributed by atoms with Crippen molar-refractivity contribution in [2.24, 2.45) is 0 Å². The number of carbonyl (C=O) groups excluding carboxylic acids is 1. The Bertz CT molecular complexity index is 716. The summed E-state index contributed by atoms with van der Waals surface area (Å²) in [4.78, 5) is 25.8. The van der Waals surface area contributed by atoms with Gasteiger partial charge in [-0.1, -0.05) is 12.1 Å². The van der Waals surface area contributed by atoms with Gasteiger partial charge in [0, 0.05) is 21.9 Å². The molecule has 24 heavy (non-hydrogen) atoms. The molecule has 2 N–H and O–H groups in total. The van der Waals surface area contributed by atoms with Crippen molar-refractivity contribution in [2.45, 2.75) is 45.4 Å². The first-order chi connectivity index (χ1) is 11.3. The molecule has 0 aliphatic heterocycles. The smallest absolute Gasteiger partial charge is 0.313 e. The lowest BCUT2D eigenvalue weighted by molar-refractivity contribution is -0.142. The highest BCUT2D eigenvalue weighted by molar-refractivity contribution is 7.11. The Morgan fingerprint density at radius 1 is 1.12 bits per heavy atom. The van der Waals surface area contributed by atoms with E-state index in [9.17, 15) is 14.7 Å². The maximum atomic E-state index is 12.0. The molecule has 1 aromatic heterocycles. The molecule has 1 aromatic carbocycles. The van der Waals surface area contributed by atoms with Crippen LogP contribution in [0.15, 0.2) is 36.4 Å². The topological polar surface area (TPSA) is 66.4 Å². The van der Waals surface area contributed by atoms with Crippen LogP contribution in [0, 0.1) is 6.92 Å². The average Bonchev–Trinajstić information content (AvgIpc) is 2.93. The first-order valence-electron chi connectivity index (χ1n) is 7.98. The van der Waals surface area contributed by atoms with Crippen molar-refractivity contribution in [3.63, 3.8) is 0 Å². The van der Waals surface area contributed by atoms with Crippen molar-refractivity contribution in [3.8, 4) is 0 Å². The third-order valence-electron chi connectivity index (χ3n) is 4.05. The van der Waals surface area contributed by atoms with Crippen LogP contribution in [-0.2, 0) is 21.4 Å². The first kappa shape index (κ1) is 18.2. The summed E-state index contributed by atoms with van der Waals surface area (Å²) in [5, 5.41) is 12.1. The normalized spacial score (nSPS) is 11.3. The van der Waals surface area contributed by atoms with E-state index >= 15 is 0 Å². The average molecular weight is 345 g/mol. The molecule has 0 saturated heterocycles. The number of aryl methyl sites for hydroxylation is 2. The van der Waals surface area contributed by atoms with Crippen LogP contribution in [0.5, 0.6) is 0 Å². The summed E-state index contributed by atoms with van der Waals surface area (Å²) in [6.07, 6.45) is 2.20. The van der Waals surface area contributed by atoms with E-state index in [1.54, 1.807) is 49.4 Å². The summed E-state index contributed by atoms with van der Waals surface area (Å²) < 4.78 is 0. The Kier molecular flexibility index (Phi) is 5.78. The molecule has 0 unspecified atom stereocenters. The van der Waals surface area contributed by atoms with Crippen molar-refractivity contribution < 1.29 is 14.7 Å². The van der Waals surface area contributed by atoms with Gasteiger partial charge in [0.15, 0.2) is 0 Å². The van der Waals surface area contributed by atoms with Crippen LogP contribution in [-0.4, -0.2) is 17.0 Å². The van der Waals surface area contributed by atoms with Crippen molar-refractivity contribution in [3.05, 3.63) is 51.7 Å². The lowest BCUT2D eigenvalue weighted by Crippen LogP contribution is -2.28. The van der Waals surface area contributed by atoms with E-state index in [2.05, 4.69) is 24.4 Å². The summed E-state index contributed by atoms with van der Waals surface area (Å²) in [6.45, 7) is 5.40. The van der Waals surface area contributed by atoms with E-state index in [-0.39, 0.29) is 5.91 Å². The predicted molar refractivity (Wildman–Crippen MR) is 97.7 cm³/mol. The molecule has 128 valence electrons. The van der Waals surface area contributed by atoms with Gasteiger partial charge in [0.05, 0.1) is 5.41 Å². The fraction of sp³-hybridized carbons (Fsp3) is 0.368. The van der Waals surface area contributed by atoms with Crippen LogP contribution in [0.4, 0.5) is 5.69 Å². The molecule has 0 fully saturated rings. The lowest BCUT2D eigenvalue weighted by atomic mass is 9.85. The highest BCUT2D eigenvalue weighted by atomic mass is 32.1. The van der Waals surface area contributed by atoms with Gasteiger partial charge < -0.3 is 10.4 Å². The van der Waals surface area contributed by atoms with E-state index in [1.807, 2.05) is 0 Å². The molecular weight excluding hydrogens is 322 g/mol. The summed E-state index contributed by atoms with van der Waals surface area (Å²) in [7, 11) is 0. The number of hydrogen-bond donors (Lipinski definition) is 2. The number of thiophene rings is 1. The third-order valence-corrected chi connectivity index (χ3v) is 5.11. The molecule has 0 aliphatic carbocycles. The SMILES string of the molecule is Cc1ccc(CCCC(=O)Nc2ccc(C(C)(C)C(=O)O)cc2)s1. The van der Waals surface area contributed by atoms with Crippen LogP contribution < -0.4 is 5.32 Å². The fourth-order valence-electron chi connectivity index (χ4n) is 2.36. The molecule has 0 spiro atoms. The minimum Gasteiger partial charge on any atom is -0.481 e. The molecule has 0 atom stereocenters. The van der Waals surface area contributed by atoms with Gasteiger partial charge in [0.2, 0.25) is 5.91 Å². The van der Waals surface area contributed by atoms with Gasteiger partial charge in [0.1, 0.15) is 0 Å². The second-order valence-electron chi connectivity index (χ2n) is 6.42. The molecule has 0 bridgehead atoms. The van der Waals surface area contributed by atoms with E-state index in [1.165, 1.54) is 9.75 Å². The molecular formula is C19H23NO3S. The number of anilines is 1. The zero-order valence-electron chi connectivity index (χ0n) is 14.3. The molecule has 0 radical (unpaired) electrons. The van der Waals surface area contributed by atoms with Crippen LogP contribution in [0.3, 0.4) is 0 Å². The third kappa shape index (κ3) is 4.68. The Morgan fingerprint density at radius 3 is 2.33 bits per heavy atom. The van der Waals surface area contributed by atoms with Gasteiger partial charge in [-0.15, -0.1) is 11.3 Å². The Balaban J connectivity index is 1.84. The maximum absolute atomic E-state index is 12.0. The van der Waals surface area contributed by atoms with Gasteiger partial charge in [-0.2, -0.15) is 0 Å². The van der Waals surface area contributed by atoms with Crippen LogP contribution in [0.25, 0.3) is 0 Å². The second-order valence-corrected chi connectivity index (χ2v) is 7.79. The maximum Gasteiger partial charge on any atom is 0.313 e. The Hall–Kier alpha value is -2.14. The predicted octanol–water partition coefficient (Wildman–Crippen LogP) is 4.38. The Morgan fingerprint density at radius 2 is 1.79 bits per heavy atom. The number of nitrogens with one attached hydrogen (secondary N) is 1. The van der Waals surface area contributed by atoms with Crippen molar-refractivity contribution in [2.75, 3.05) is 5.32 Å². The van der Waals surface area contributed by atoms with Gasteiger partial charge in [-0.25, -0.2) is 0 Å². The highest BCUT2D eigenvalue weighted by Gasteiger charge is 2.29. The van der Waals surface area contributed by atoms with Gasteiger partial charge in [0.25, 0.3) is 0 Å². The number of carboxylic acid groups (broad SMARTS) is 1. The van der Waals surface area contributed by atoms with Crippen LogP contribution >= 0.6 is 11.3 Å². The molecule has 1 amide bonds. The largest absolute Gasteiger partial charge is 0.481 e. The Labute approximate surface area is 146 Å². The molecule has 5 heteroatoms. The van der Waals surface area contributed by atoms with Crippen molar-refractivity contribution >= 4 is 28.9 Å². The lowest BCUT2D eigenvalue weighted by Gasteiger charge is -2.19. The molecule has 0 saturated carbocycles. The summed E-state index contributed by atoms with van der Waals surface area (Å²) in [6, 6.07) is 11.2. The number of rotatable bonds is 7. The molecule has 4 nitrogen and oxygen atoms in total. The van der Waals surface area contributed by atoms with E-state index in [0.717, 1.165) is 12.8 Å². The van der Waals surface area contributed by atoms with Crippen molar-refractivity contribution in [1.29, 1.82) is 0 Å². The monoisotopic (exact) mass is 345 g/mol. The van der Waals surface area contributed by atoms with E-state index in [4.69, 9.17) is 0 Å². The van der Waals surface area contributed by atoms with Crippen LogP contribution in [0.2, 0.25) is 0 Å². The number of carbonyl (C=O) groups is 2. The van der Waals surface area contributed by atoms with E-state index < -0.39 is 11.4 Å². The number of hydrogen-bond acceptors (Lipinski definition) is 3.